The Kier molecular flexibility index (Phi) is 3.85. The summed E-state index contributed by atoms with van der Waals surface area (Å²) in [5, 5.41) is 0. The minimum atomic E-state index is -3.52. The highest BCUT2D eigenvalue weighted by atomic mass is 32.2. The minimum absolute atomic E-state index is 0.0518. The molecule has 2 aliphatic rings. The third-order valence-corrected chi connectivity index (χ3v) is 4.77. The van der Waals surface area contributed by atoms with E-state index in [0.717, 1.165) is 5.76 Å². The number of carbonyl (C=O) groups excluding carboxylic acids is 1. The van der Waals surface area contributed by atoms with Crippen molar-refractivity contribution in [3.8, 4) is 0 Å². The Bertz CT molecular complexity index is 833. The first-order valence-corrected chi connectivity index (χ1v) is 8.75. The monoisotopic (exact) mass is 335 g/mol. The summed E-state index contributed by atoms with van der Waals surface area (Å²) in [6, 6.07) is 3.64. The number of aryl methyl sites for hydroxylation is 1. The van der Waals surface area contributed by atoms with E-state index in [1.807, 2.05) is 19.1 Å². The molecule has 0 N–H and O–H groups in total. The molecule has 0 spiro atoms. The molecule has 1 aromatic rings. The first-order chi connectivity index (χ1) is 10.9. The van der Waals surface area contributed by atoms with Crippen molar-refractivity contribution in [1.29, 1.82) is 0 Å². The second-order valence-electron chi connectivity index (χ2n) is 5.49. The van der Waals surface area contributed by atoms with Crippen LogP contribution in [0.25, 0.3) is 0 Å². The first kappa shape index (κ1) is 15.5. The fourth-order valence-corrected chi connectivity index (χ4v) is 3.45. The Balaban J connectivity index is 1.84. The van der Waals surface area contributed by atoms with Crippen molar-refractivity contribution >= 4 is 21.8 Å². The van der Waals surface area contributed by atoms with Gasteiger partial charge < -0.3 is 14.2 Å². The highest BCUT2D eigenvalue weighted by Gasteiger charge is 2.31. The van der Waals surface area contributed by atoms with Gasteiger partial charge in [-0.2, -0.15) is 0 Å². The van der Waals surface area contributed by atoms with Crippen LogP contribution >= 0.6 is 0 Å². The van der Waals surface area contributed by atoms with Gasteiger partial charge in [0.2, 0.25) is 0 Å². The lowest BCUT2D eigenvalue weighted by Crippen LogP contribution is -2.42. The van der Waals surface area contributed by atoms with Crippen LogP contribution in [0.4, 0.5) is 0 Å². The number of carbonyl (C=O) groups is 1. The SMILES string of the molecule is Cc1ccc(CN(C)C(=O)C2=CC=CN3CCS(=O)(=O)N=C23)o1. The zero-order chi connectivity index (χ0) is 16.6. The lowest BCUT2D eigenvalue weighted by molar-refractivity contribution is -0.126. The summed E-state index contributed by atoms with van der Waals surface area (Å²) in [4.78, 5) is 15.8. The number of sulfonamides is 1. The van der Waals surface area contributed by atoms with Gasteiger partial charge in [-0.1, -0.05) is 0 Å². The number of allylic oxidation sites excluding steroid dienone is 2. The normalized spacial score (nSPS) is 19.0. The molecule has 1 amide bonds. The summed E-state index contributed by atoms with van der Waals surface area (Å²) in [5.74, 6) is 1.27. The number of hydrogen-bond donors (Lipinski definition) is 0. The molecule has 1 aromatic heterocycles. The summed E-state index contributed by atoms with van der Waals surface area (Å²) in [6.45, 7) is 2.43. The molecule has 0 fully saturated rings. The van der Waals surface area contributed by atoms with Crippen LogP contribution in [0.3, 0.4) is 0 Å². The number of rotatable bonds is 3. The molecule has 0 saturated heterocycles. The summed E-state index contributed by atoms with van der Waals surface area (Å²) in [7, 11) is -1.88. The van der Waals surface area contributed by atoms with Gasteiger partial charge in [0.1, 0.15) is 11.5 Å². The van der Waals surface area contributed by atoms with E-state index in [2.05, 4.69) is 4.40 Å². The Morgan fingerprint density at radius 1 is 1.43 bits per heavy atom. The van der Waals surface area contributed by atoms with Crippen LogP contribution < -0.4 is 0 Å². The van der Waals surface area contributed by atoms with Gasteiger partial charge in [-0.3, -0.25) is 4.79 Å². The third kappa shape index (κ3) is 3.21. The standard InChI is InChI=1S/C15H17N3O4S/c1-11-5-6-12(22-11)10-17(2)15(19)13-4-3-7-18-8-9-23(20,21)16-14(13)18/h3-7H,8-10H2,1-2H3. The van der Waals surface area contributed by atoms with Gasteiger partial charge >= 0.3 is 0 Å². The van der Waals surface area contributed by atoms with Crippen LogP contribution in [0.5, 0.6) is 0 Å². The number of hydrogen-bond acceptors (Lipinski definition) is 5. The molecular weight excluding hydrogens is 318 g/mol. The number of likely N-dealkylation sites (N-methyl/N-ethyl adjacent to an activating group) is 1. The van der Waals surface area contributed by atoms with E-state index in [0.29, 0.717) is 18.8 Å². The van der Waals surface area contributed by atoms with E-state index >= 15 is 0 Å². The van der Waals surface area contributed by atoms with E-state index in [1.54, 1.807) is 30.3 Å². The van der Waals surface area contributed by atoms with Gasteiger partial charge in [-0.15, -0.1) is 4.40 Å². The van der Waals surface area contributed by atoms with Crippen molar-refractivity contribution in [2.75, 3.05) is 19.3 Å². The van der Waals surface area contributed by atoms with Gasteiger partial charge in [-0.25, -0.2) is 8.42 Å². The summed E-state index contributed by atoms with van der Waals surface area (Å²) in [5.41, 5.74) is 0.265. The minimum Gasteiger partial charge on any atom is -0.464 e. The zero-order valence-corrected chi connectivity index (χ0v) is 13.7. The van der Waals surface area contributed by atoms with Crippen molar-refractivity contribution in [1.82, 2.24) is 9.80 Å². The number of amides is 1. The van der Waals surface area contributed by atoms with Crippen molar-refractivity contribution in [2.45, 2.75) is 13.5 Å². The van der Waals surface area contributed by atoms with Crippen LogP contribution in [0.15, 0.2) is 44.9 Å². The molecule has 0 bridgehead atoms. The maximum atomic E-state index is 12.7. The van der Waals surface area contributed by atoms with Gasteiger partial charge in [0.15, 0.2) is 5.84 Å². The average Bonchev–Trinajstić information content (AvgIpc) is 2.90. The number of amidine groups is 1. The maximum absolute atomic E-state index is 12.7. The van der Waals surface area contributed by atoms with E-state index in [9.17, 15) is 13.2 Å². The Morgan fingerprint density at radius 3 is 2.91 bits per heavy atom. The molecule has 0 saturated carbocycles. The lowest BCUT2D eigenvalue weighted by atomic mass is 10.1. The number of furan rings is 1. The molecule has 3 rings (SSSR count). The highest BCUT2D eigenvalue weighted by Crippen LogP contribution is 2.20. The molecule has 3 heterocycles. The van der Waals surface area contributed by atoms with Gasteiger partial charge in [0, 0.05) is 19.8 Å². The summed E-state index contributed by atoms with van der Waals surface area (Å²) in [6.07, 6.45) is 5.03. The molecular formula is C15H17N3O4S. The summed E-state index contributed by atoms with van der Waals surface area (Å²) < 4.78 is 32.7. The molecule has 0 aliphatic carbocycles. The Hall–Kier alpha value is -2.35. The lowest BCUT2D eigenvalue weighted by Gasteiger charge is -2.30. The van der Waals surface area contributed by atoms with Crippen molar-refractivity contribution < 1.29 is 17.6 Å². The highest BCUT2D eigenvalue weighted by molar-refractivity contribution is 7.90. The van der Waals surface area contributed by atoms with Crippen LogP contribution in [0, 0.1) is 6.92 Å². The van der Waals surface area contributed by atoms with E-state index in [4.69, 9.17) is 4.42 Å². The predicted octanol–water partition coefficient (Wildman–Crippen LogP) is 1.04. The molecule has 0 radical (unpaired) electrons. The second-order valence-corrected chi connectivity index (χ2v) is 7.24. The number of nitrogens with zero attached hydrogens (tertiary/aromatic N) is 3. The molecule has 2 aliphatic heterocycles. The van der Waals surface area contributed by atoms with Crippen molar-refractivity contribution in [3.63, 3.8) is 0 Å². The second kappa shape index (κ2) is 5.69. The molecule has 7 nitrogen and oxygen atoms in total. The largest absolute Gasteiger partial charge is 0.464 e. The number of fused-ring (bicyclic) bond motifs is 1. The van der Waals surface area contributed by atoms with Gasteiger partial charge in [0.05, 0.1) is 17.9 Å². The van der Waals surface area contributed by atoms with Crippen molar-refractivity contribution in [3.05, 3.63) is 47.6 Å². The Morgan fingerprint density at radius 2 is 2.22 bits per heavy atom. The zero-order valence-electron chi connectivity index (χ0n) is 12.9. The van der Waals surface area contributed by atoms with E-state index in [-0.39, 0.29) is 23.1 Å². The fourth-order valence-electron chi connectivity index (χ4n) is 2.46. The van der Waals surface area contributed by atoms with Crippen LogP contribution in [0.1, 0.15) is 11.5 Å². The van der Waals surface area contributed by atoms with Gasteiger partial charge in [0.25, 0.3) is 15.9 Å². The smallest absolute Gasteiger partial charge is 0.257 e. The molecule has 8 heteroatoms. The summed E-state index contributed by atoms with van der Waals surface area (Å²) >= 11 is 0. The average molecular weight is 335 g/mol. The van der Waals surface area contributed by atoms with Gasteiger partial charge in [-0.05, 0) is 31.2 Å². The van der Waals surface area contributed by atoms with Crippen molar-refractivity contribution in [2.24, 2.45) is 4.40 Å². The fraction of sp³-hybridized carbons (Fsp3) is 0.333. The molecule has 122 valence electrons. The molecule has 0 aromatic carbocycles. The molecule has 0 atom stereocenters. The third-order valence-electron chi connectivity index (χ3n) is 3.62. The van der Waals surface area contributed by atoms with E-state index < -0.39 is 10.0 Å². The molecule has 23 heavy (non-hydrogen) atoms. The van der Waals surface area contributed by atoms with E-state index in [1.165, 1.54) is 4.90 Å². The topological polar surface area (TPSA) is 83.2 Å². The van der Waals surface area contributed by atoms with Crippen LogP contribution in [-0.4, -0.2) is 49.3 Å². The quantitative estimate of drug-likeness (QED) is 0.824. The molecule has 0 unspecified atom stereocenters. The first-order valence-electron chi connectivity index (χ1n) is 7.15. The Labute approximate surface area is 134 Å². The predicted molar refractivity (Wildman–Crippen MR) is 85.1 cm³/mol. The van der Waals surface area contributed by atoms with Crippen LogP contribution in [0.2, 0.25) is 0 Å². The van der Waals surface area contributed by atoms with Crippen LogP contribution in [-0.2, 0) is 21.4 Å². The maximum Gasteiger partial charge on any atom is 0.257 e.